The van der Waals surface area contributed by atoms with Gasteiger partial charge in [0.2, 0.25) is 0 Å². The molecule has 2 aromatic carbocycles. The van der Waals surface area contributed by atoms with Gasteiger partial charge in [0.1, 0.15) is 5.82 Å². The van der Waals surface area contributed by atoms with Gasteiger partial charge >= 0.3 is 6.18 Å². The zero-order valence-corrected chi connectivity index (χ0v) is 22.3. The maximum atomic E-state index is 13.4. The van der Waals surface area contributed by atoms with E-state index in [-0.39, 0.29) is 5.82 Å². The zero-order chi connectivity index (χ0) is 27.8. The molecule has 0 radical (unpaired) electrons. The van der Waals surface area contributed by atoms with Crippen molar-refractivity contribution in [1.29, 1.82) is 0 Å². The molecular formula is C30H33F4N3S. The zero-order valence-electron chi connectivity index (χ0n) is 21.4. The summed E-state index contributed by atoms with van der Waals surface area (Å²) in [5.74, 6) is -0.351. The van der Waals surface area contributed by atoms with E-state index in [2.05, 4.69) is 30.2 Å². The molecule has 0 heterocycles. The number of rotatable bonds is 10. The predicted molar refractivity (Wildman–Crippen MR) is 151 cm³/mol. The van der Waals surface area contributed by atoms with Gasteiger partial charge in [0.05, 0.1) is 17.0 Å². The molecule has 1 aliphatic carbocycles. The Labute approximate surface area is 227 Å². The van der Waals surface area contributed by atoms with Gasteiger partial charge in [0.15, 0.2) is 0 Å². The first-order valence-electron chi connectivity index (χ1n) is 12.4. The highest BCUT2D eigenvalue weighted by Crippen LogP contribution is 2.50. The number of aliphatic imine (C=N–C) groups is 1. The third-order valence-corrected chi connectivity index (χ3v) is 7.07. The Morgan fingerprint density at radius 1 is 1.16 bits per heavy atom. The topological polar surface area (TPSA) is 50.4 Å². The first kappa shape index (κ1) is 29.5. The minimum atomic E-state index is -4.40. The maximum absolute atomic E-state index is 13.4. The largest absolute Gasteiger partial charge is 0.416 e. The smallest absolute Gasteiger partial charge is 0.404 e. The van der Waals surface area contributed by atoms with E-state index in [1.807, 2.05) is 19.1 Å². The minimum absolute atomic E-state index is 0.351. The third kappa shape index (κ3) is 7.26. The third-order valence-electron chi connectivity index (χ3n) is 6.84. The Bertz CT molecular complexity index is 1230. The summed E-state index contributed by atoms with van der Waals surface area (Å²) in [5, 5.41) is 0. The summed E-state index contributed by atoms with van der Waals surface area (Å²) in [6, 6.07) is 11.2. The molecule has 0 aliphatic heterocycles. The van der Waals surface area contributed by atoms with Crippen molar-refractivity contribution < 1.29 is 17.6 Å². The Balaban J connectivity index is 2.13. The van der Waals surface area contributed by atoms with Crippen LogP contribution < -0.4 is 10.5 Å². The van der Waals surface area contributed by atoms with Crippen LogP contribution in [-0.4, -0.2) is 12.3 Å². The van der Waals surface area contributed by atoms with Gasteiger partial charge in [-0.15, -0.1) is 0 Å². The van der Waals surface area contributed by atoms with Crippen LogP contribution in [0, 0.1) is 11.2 Å². The van der Waals surface area contributed by atoms with Gasteiger partial charge in [-0.2, -0.15) is 13.2 Å². The number of nitrogens with one attached hydrogen (secondary N) is 1. The summed E-state index contributed by atoms with van der Waals surface area (Å²) >= 11 is 4.17. The number of nitrogens with zero attached hydrogens (tertiary/aromatic N) is 1. The van der Waals surface area contributed by atoms with Crippen LogP contribution in [0.5, 0.6) is 0 Å². The second-order valence-electron chi connectivity index (χ2n) is 9.33. The number of benzene rings is 2. The molecule has 0 amide bonds. The Morgan fingerprint density at radius 2 is 1.84 bits per heavy atom. The van der Waals surface area contributed by atoms with Crippen LogP contribution in [0.4, 0.5) is 23.2 Å². The molecule has 0 bridgehead atoms. The van der Waals surface area contributed by atoms with Crippen molar-refractivity contribution in [3.8, 4) is 0 Å². The van der Waals surface area contributed by atoms with E-state index >= 15 is 0 Å². The first-order chi connectivity index (χ1) is 18.1. The summed E-state index contributed by atoms with van der Waals surface area (Å²) in [5.41, 5.74) is 9.65. The summed E-state index contributed by atoms with van der Waals surface area (Å²) in [4.78, 5) is 4.74. The lowest BCUT2D eigenvalue weighted by molar-refractivity contribution is -0.137. The summed E-state index contributed by atoms with van der Waals surface area (Å²) in [7, 11) is 0. The summed E-state index contributed by atoms with van der Waals surface area (Å²) in [6.45, 7) is 7.00. The van der Waals surface area contributed by atoms with Gasteiger partial charge in [0, 0.05) is 12.0 Å². The normalized spacial score (nSPS) is 20.3. The fourth-order valence-electron chi connectivity index (χ4n) is 4.81. The molecule has 2 aromatic rings. The number of alkyl halides is 3. The molecule has 1 aliphatic rings. The van der Waals surface area contributed by atoms with Gasteiger partial charge in [-0.1, -0.05) is 54.8 Å². The van der Waals surface area contributed by atoms with E-state index in [0.29, 0.717) is 43.6 Å². The van der Waals surface area contributed by atoms with Crippen LogP contribution in [0.2, 0.25) is 0 Å². The van der Waals surface area contributed by atoms with Crippen LogP contribution in [-0.2, 0) is 12.6 Å². The number of halogens is 4. The lowest BCUT2D eigenvalue weighted by Gasteiger charge is -2.43. The second-order valence-corrected chi connectivity index (χ2v) is 9.65. The number of nitrogens with two attached hydrogens (primary N) is 1. The van der Waals surface area contributed by atoms with E-state index in [1.165, 1.54) is 30.5 Å². The highest BCUT2D eigenvalue weighted by molar-refractivity contribution is 7.78. The molecule has 3 nitrogen and oxygen atoms in total. The molecule has 202 valence electrons. The molecule has 1 unspecified atom stereocenters. The molecule has 3 rings (SSSR count). The minimum Gasteiger partial charge on any atom is -0.404 e. The van der Waals surface area contributed by atoms with Gasteiger partial charge in [0.25, 0.3) is 0 Å². The van der Waals surface area contributed by atoms with Crippen LogP contribution in [0.25, 0.3) is 0 Å². The van der Waals surface area contributed by atoms with E-state index in [1.54, 1.807) is 12.1 Å². The SMILES string of the molecule is C=C(CC/C=C\C)C1(Cc2ccc(C(F)(F)F)cc2)CC(=CN)C(=Nc2ccc(F)cc2)C=C1CCNS. The standard InChI is InChI=1S/C30H33F4N3S/c1-3-4-5-6-21(2)29(18-22-7-9-24(10-8-22)30(32,33)34)19-23(20-35)28(17-25(29)15-16-36-38)37-27-13-11-26(31)12-14-27/h3-4,7-14,17,20,36,38H,2,5-6,15-16,18-19,35H2,1H3/b4-3-,23-20?,37-28?. The number of hydrogen-bond donors (Lipinski definition) is 3. The molecule has 38 heavy (non-hydrogen) atoms. The predicted octanol–water partition coefficient (Wildman–Crippen LogP) is 8.06. The Hall–Kier alpha value is -3.10. The van der Waals surface area contributed by atoms with Crippen LogP contribution >= 0.6 is 12.8 Å². The van der Waals surface area contributed by atoms with Crippen molar-refractivity contribution in [3.63, 3.8) is 0 Å². The number of hydrogen-bond acceptors (Lipinski definition) is 4. The molecule has 0 spiro atoms. The molecular weight excluding hydrogens is 510 g/mol. The van der Waals surface area contributed by atoms with Crippen molar-refractivity contribution >= 4 is 24.2 Å². The molecule has 0 aromatic heterocycles. The molecule has 3 N–H and O–H groups in total. The number of thiol groups is 1. The van der Waals surface area contributed by atoms with Gasteiger partial charge in [-0.05, 0) is 98.8 Å². The fourth-order valence-corrected chi connectivity index (χ4v) is 4.92. The summed E-state index contributed by atoms with van der Waals surface area (Å²) < 4.78 is 55.9. The molecule has 8 heteroatoms. The monoisotopic (exact) mass is 543 g/mol. The maximum Gasteiger partial charge on any atom is 0.416 e. The van der Waals surface area contributed by atoms with E-state index in [9.17, 15) is 17.6 Å². The van der Waals surface area contributed by atoms with Crippen molar-refractivity contribution in [2.45, 2.75) is 45.2 Å². The Morgan fingerprint density at radius 3 is 2.42 bits per heavy atom. The first-order valence-corrected chi connectivity index (χ1v) is 12.9. The highest BCUT2D eigenvalue weighted by Gasteiger charge is 2.41. The molecule has 0 fully saturated rings. The molecule has 0 saturated heterocycles. The number of allylic oxidation sites excluding steroid dienone is 5. The average molecular weight is 544 g/mol. The molecule has 1 atom stereocenters. The fraction of sp³-hybridized carbons (Fsp3) is 0.300. The second kappa shape index (κ2) is 13.1. The van der Waals surface area contributed by atoms with Gasteiger partial charge in [-0.25, -0.2) is 9.38 Å². The van der Waals surface area contributed by atoms with Crippen molar-refractivity contribution in [2.24, 2.45) is 16.1 Å². The van der Waals surface area contributed by atoms with E-state index in [4.69, 9.17) is 10.7 Å². The highest BCUT2D eigenvalue weighted by atomic mass is 32.1. The van der Waals surface area contributed by atoms with Crippen molar-refractivity contribution in [2.75, 3.05) is 6.54 Å². The molecule has 0 saturated carbocycles. The van der Waals surface area contributed by atoms with Gasteiger partial charge < -0.3 is 5.73 Å². The van der Waals surface area contributed by atoms with Crippen LogP contribution in [0.1, 0.15) is 43.7 Å². The lowest BCUT2D eigenvalue weighted by Crippen LogP contribution is -2.35. The van der Waals surface area contributed by atoms with Crippen molar-refractivity contribution in [1.82, 2.24) is 4.72 Å². The van der Waals surface area contributed by atoms with Crippen LogP contribution in [0.15, 0.2) is 101 Å². The lowest BCUT2D eigenvalue weighted by atomic mass is 9.61. The van der Waals surface area contributed by atoms with E-state index in [0.717, 1.165) is 40.8 Å². The summed E-state index contributed by atoms with van der Waals surface area (Å²) in [6.07, 6.45) is 6.22. The Kier molecular flexibility index (Phi) is 10.2. The van der Waals surface area contributed by atoms with E-state index < -0.39 is 17.2 Å². The van der Waals surface area contributed by atoms with Gasteiger partial charge in [-0.3, -0.25) is 4.72 Å². The quantitative estimate of drug-likeness (QED) is 0.161. The van der Waals surface area contributed by atoms with Crippen molar-refractivity contribution in [3.05, 3.63) is 113 Å². The average Bonchev–Trinajstić information content (AvgIpc) is 2.89. The van der Waals surface area contributed by atoms with Crippen LogP contribution in [0.3, 0.4) is 0 Å².